The van der Waals surface area contributed by atoms with Gasteiger partial charge in [-0.15, -0.1) is 0 Å². The van der Waals surface area contributed by atoms with Gasteiger partial charge in [0.25, 0.3) is 5.92 Å². The predicted octanol–water partition coefficient (Wildman–Crippen LogP) is 5.20. The van der Waals surface area contributed by atoms with Gasteiger partial charge in [-0.3, -0.25) is 4.90 Å². The SMILES string of the molecule is Cc1cc(N)nc(-c2c(Cl)c3c4c(nc(OC[C@@H]5CC6(CN5C)CC6(F)F)nc4c2F)N2C[C@H]4CC[C@H](N4)[C@H]2CO3)c1C(F)(F)F. The van der Waals surface area contributed by atoms with E-state index < -0.39 is 45.2 Å². The molecule has 0 amide bonds. The van der Waals surface area contributed by atoms with Crippen LogP contribution in [-0.2, 0) is 6.18 Å². The largest absolute Gasteiger partial charge is 0.489 e. The molecule has 3 N–H and O–H groups in total. The first-order chi connectivity index (χ1) is 21.7. The highest BCUT2D eigenvalue weighted by molar-refractivity contribution is 6.36. The van der Waals surface area contributed by atoms with E-state index in [0.717, 1.165) is 18.9 Å². The van der Waals surface area contributed by atoms with Gasteiger partial charge in [-0.25, -0.2) is 18.2 Å². The summed E-state index contributed by atoms with van der Waals surface area (Å²) in [5, 5.41) is 3.25. The third kappa shape index (κ3) is 4.40. The Morgan fingerprint density at radius 2 is 1.98 bits per heavy atom. The van der Waals surface area contributed by atoms with Gasteiger partial charge in [0.15, 0.2) is 11.6 Å². The van der Waals surface area contributed by atoms with Crippen LogP contribution in [0.2, 0.25) is 5.02 Å². The van der Waals surface area contributed by atoms with Crippen molar-refractivity contribution in [2.45, 2.75) is 68.9 Å². The number of rotatable bonds is 4. The number of aromatic nitrogens is 3. The van der Waals surface area contributed by atoms with Crippen molar-refractivity contribution in [3.63, 3.8) is 0 Å². The third-order valence-electron chi connectivity index (χ3n) is 10.3. The molecule has 4 aliphatic heterocycles. The van der Waals surface area contributed by atoms with Crippen LogP contribution in [-0.4, -0.2) is 83.3 Å². The lowest BCUT2D eigenvalue weighted by atomic mass is 9.98. The standard InChI is InChI=1S/C30H30ClF6N7O2/c1-12-5-17(38)40-23(20(12)30(35,36)37)18-21(31)25-19-24(22(18)32)41-27(46-8-14-6-28(11-43(14)2)10-29(28,33)34)42-26(19)44-7-13-3-4-15(39-13)16(44)9-45-25/h5,13-16,39H,3-4,6-11H2,1-2H3,(H2,38,40)/t13-,14+,15+,16-,28?/m1/s1. The van der Waals surface area contributed by atoms with Crippen LogP contribution >= 0.6 is 11.6 Å². The monoisotopic (exact) mass is 669 g/mol. The Kier molecular flexibility index (Phi) is 6.44. The first kappa shape index (κ1) is 30.1. The van der Waals surface area contributed by atoms with Crippen molar-refractivity contribution in [3.05, 3.63) is 28.0 Å². The molecule has 5 atom stereocenters. The summed E-state index contributed by atoms with van der Waals surface area (Å²) in [6.45, 7) is 1.98. The van der Waals surface area contributed by atoms with Gasteiger partial charge in [0, 0.05) is 37.6 Å². The summed E-state index contributed by atoms with van der Waals surface area (Å²) >= 11 is 6.77. The van der Waals surface area contributed by atoms with E-state index in [1.54, 1.807) is 11.9 Å². The highest BCUT2D eigenvalue weighted by Crippen LogP contribution is 2.66. The number of hydrogen-bond acceptors (Lipinski definition) is 9. The van der Waals surface area contributed by atoms with Crippen molar-refractivity contribution < 1.29 is 35.8 Å². The minimum absolute atomic E-state index is 0.0177. The molecular formula is C30H30ClF6N7O2. The van der Waals surface area contributed by atoms with E-state index in [2.05, 4.69) is 20.3 Å². The maximum Gasteiger partial charge on any atom is 0.418 e. The highest BCUT2D eigenvalue weighted by Gasteiger charge is 2.73. The fourth-order valence-corrected chi connectivity index (χ4v) is 8.32. The fraction of sp³-hybridized carbons (Fsp3) is 0.567. The van der Waals surface area contributed by atoms with Crippen molar-refractivity contribution in [2.24, 2.45) is 5.41 Å². The molecule has 3 aromatic rings. The number of pyridine rings is 1. The first-order valence-electron chi connectivity index (χ1n) is 15.1. The summed E-state index contributed by atoms with van der Waals surface area (Å²) in [4.78, 5) is 16.7. The number of nitrogens with zero attached hydrogens (tertiary/aromatic N) is 5. The molecule has 9 nitrogen and oxygen atoms in total. The Labute approximate surface area is 264 Å². The molecule has 4 fully saturated rings. The summed E-state index contributed by atoms with van der Waals surface area (Å²) in [6, 6.07) is 0.345. The summed E-state index contributed by atoms with van der Waals surface area (Å²) in [7, 11) is 1.74. The van der Waals surface area contributed by atoms with E-state index in [9.17, 15) is 22.0 Å². The Hall–Kier alpha value is -3.30. The molecule has 1 saturated carbocycles. The Morgan fingerprint density at radius 1 is 1.22 bits per heavy atom. The summed E-state index contributed by atoms with van der Waals surface area (Å²) in [5.41, 5.74) is 1.51. The number of nitrogens with two attached hydrogens (primary N) is 1. The number of piperazine rings is 1. The first-order valence-corrected chi connectivity index (χ1v) is 15.5. The second kappa shape index (κ2) is 9.86. The second-order valence-corrected chi connectivity index (χ2v) is 13.7. The van der Waals surface area contributed by atoms with Crippen LogP contribution in [0.1, 0.15) is 36.8 Å². The lowest BCUT2D eigenvalue weighted by Gasteiger charge is -2.40. The average molecular weight is 670 g/mol. The Balaban J connectivity index is 1.29. The maximum atomic E-state index is 16.8. The van der Waals surface area contributed by atoms with Crippen LogP contribution in [0.25, 0.3) is 22.2 Å². The molecule has 1 unspecified atom stereocenters. The van der Waals surface area contributed by atoms with Crippen LogP contribution in [0.4, 0.5) is 38.0 Å². The number of fused-ring (bicyclic) bond motifs is 5. The van der Waals surface area contributed by atoms with Crippen LogP contribution < -0.4 is 25.4 Å². The molecule has 46 heavy (non-hydrogen) atoms. The summed E-state index contributed by atoms with van der Waals surface area (Å²) < 4.78 is 100. The molecule has 1 aliphatic carbocycles. The minimum Gasteiger partial charge on any atom is -0.489 e. The lowest BCUT2D eigenvalue weighted by Crippen LogP contribution is -2.60. The Bertz CT molecular complexity index is 1790. The van der Waals surface area contributed by atoms with Gasteiger partial charge in [0.05, 0.1) is 38.7 Å². The fourth-order valence-electron chi connectivity index (χ4n) is 8.00. The number of halogens is 7. The molecule has 1 aromatic carbocycles. The lowest BCUT2D eigenvalue weighted by molar-refractivity contribution is -0.137. The van der Waals surface area contributed by atoms with E-state index in [1.807, 2.05) is 4.90 Å². The van der Waals surface area contributed by atoms with Crippen LogP contribution in [0.3, 0.4) is 0 Å². The zero-order valence-electron chi connectivity index (χ0n) is 24.8. The zero-order chi connectivity index (χ0) is 32.5. The van der Waals surface area contributed by atoms with E-state index in [-0.39, 0.29) is 96.6 Å². The van der Waals surface area contributed by atoms with E-state index >= 15 is 4.39 Å². The van der Waals surface area contributed by atoms with E-state index in [4.69, 9.17) is 26.8 Å². The van der Waals surface area contributed by atoms with Crippen molar-refractivity contribution in [3.8, 4) is 23.0 Å². The quantitative estimate of drug-likeness (QED) is 0.363. The maximum absolute atomic E-state index is 16.8. The normalized spacial score (nSPS) is 29.6. The molecule has 0 radical (unpaired) electrons. The molecule has 2 aromatic heterocycles. The topological polar surface area (TPSA) is 102 Å². The minimum atomic E-state index is -4.92. The summed E-state index contributed by atoms with van der Waals surface area (Å²) in [5.74, 6) is -3.94. The van der Waals surface area contributed by atoms with Crippen molar-refractivity contribution in [1.29, 1.82) is 0 Å². The Morgan fingerprint density at radius 3 is 2.67 bits per heavy atom. The number of anilines is 2. The number of likely N-dealkylation sites (tertiary alicyclic amines) is 1. The number of nitrogens with one attached hydrogen (secondary N) is 1. The number of likely N-dealkylation sites (N-methyl/N-ethyl adjacent to an activating group) is 1. The predicted molar refractivity (Wildman–Crippen MR) is 157 cm³/mol. The van der Waals surface area contributed by atoms with Crippen LogP contribution in [0, 0.1) is 18.2 Å². The van der Waals surface area contributed by atoms with Crippen LogP contribution in [0.15, 0.2) is 6.07 Å². The van der Waals surface area contributed by atoms with Gasteiger partial charge < -0.3 is 25.4 Å². The number of aryl methyl sites for hydroxylation is 1. The molecule has 6 heterocycles. The van der Waals surface area contributed by atoms with Gasteiger partial charge >= 0.3 is 12.2 Å². The van der Waals surface area contributed by atoms with Gasteiger partial charge in [0.2, 0.25) is 0 Å². The molecular weight excluding hydrogens is 640 g/mol. The molecule has 246 valence electrons. The molecule has 16 heteroatoms. The van der Waals surface area contributed by atoms with Gasteiger partial charge in [-0.05, 0) is 44.9 Å². The highest BCUT2D eigenvalue weighted by atomic mass is 35.5. The van der Waals surface area contributed by atoms with Gasteiger partial charge in [0.1, 0.15) is 30.4 Å². The average Bonchev–Trinajstić information content (AvgIpc) is 3.17. The third-order valence-corrected chi connectivity index (χ3v) is 10.7. The molecule has 1 spiro atoms. The van der Waals surface area contributed by atoms with E-state index in [1.165, 1.54) is 6.92 Å². The van der Waals surface area contributed by atoms with Gasteiger partial charge in [-0.2, -0.15) is 23.1 Å². The zero-order valence-corrected chi connectivity index (χ0v) is 25.6. The summed E-state index contributed by atoms with van der Waals surface area (Å²) in [6.07, 6.45) is -3.11. The number of alkyl halides is 5. The smallest absolute Gasteiger partial charge is 0.418 e. The molecule has 8 rings (SSSR count). The van der Waals surface area contributed by atoms with Crippen LogP contribution in [0.5, 0.6) is 11.8 Å². The number of benzene rings is 1. The number of ether oxygens (including phenoxy) is 2. The van der Waals surface area contributed by atoms with E-state index in [0.29, 0.717) is 6.54 Å². The number of nitrogen functional groups attached to an aromatic ring is 1. The van der Waals surface area contributed by atoms with Crippen molar-refractivity contribution in [2.75, 3.05) is 44.0 Å². The number of hydrogen-bond donors (Lipinski definition) is 2. The molecule has 3 saturated heterocycles. The molecule has 5 aliphatic rings. The molecule has 2 bridgehead atoms. The van der Waals surface area contributed by atoms with Crippen molar-refractivity contribution in [1.82, 2.24) is 25.2 Å². The van der Waals surface area contributed by atoms with Gasteiger partial charge in [-0.1, -0.05) is 11.6 Å². The second-order valence-electron chi connectivity index (χ2n) is 13.3. The van der Waals surface area contributed by atoms with Crippen molar-refractivity contribution >= 4 is 34.1 Å².